The SMILES string of the molecule is Cc1cc(CC(NC(=O)OC(C)(C)C)C(=O)O)c(C)n1-c1ccc2c(c1)OCO2. The molecule has 2 aromatic rings. The molecule has 8 nitrogen and oxygen atoms in total. The highest BCUT2D eigenvalue weighted by Gasteiger charge is 2.26. The molecule has 156 valence electrons. The molecule has 0 aliphatic carbocycles. The lowest BCUT2D eigenvalue weighted by molar-refractivity contribution is -0.139. The Kier molecular flexibility index (Phi) is 5.46. The van der Waals surface area contributed by atoms with E-state index < -0.39 is 23.7 Å². The molecular formula is C21H26N2O6. The van der Waals surface area contributed by atoms with Crippen LogP contribution in [-0.4, -0.2) is 40.2 Å². The molecule has 1 unspecified atom stereocenters. The van der Waals surface area contributed by atoms with Crippen LogP contribution in [-0.2, 0) is 16.0 Å². The van der Waals surface area contributed by atoms with Crippen molar-refractivity contribution in [1.82, 2.24) is 9.88 Å². The van der Waals surface area contributed by atoms with Crippen molar-refractivity contribution >= 4 is 12.1 Å². The van der Waals surface area contributed by atoms with E-state index in [4.69, 9.17) is 14.2 Å². The number of aliphatic carboxylic acids is 1. The summed E-state index contributed by atoms with van der Waals surface area (Å²) in [7, 11) is 0. The number of benzene rings is 1. The first-order valence-electron chi connectivity index (χ1n) is 9.35. The summed E-state index contributed by atoms with van der Waals surface area (Å²) in [6.45, 7) is 9.23. The van der Waals surface area contributed by atoms with Gasteiger partial charge < -0.3 is 29.2 Å². The fourth-order valence-electron chi connectivity index (χ4n) is 3.33. The van der Waals surface area contributed by atoms with Gasteiger partial charge in [-0.05, 0) is 58.4 Å². The number of alkyl carbamates (subject to hydrolysis) is 1. The quantitative estimate of drug-likeness (QED) is 0.796. The van der Waals surface area contributed by atoms with E-state index in [-0.39, 0.29) is 13.2 Å². The first-order chi connectivity index (χ1) is 13.5. The van der Waals surface area contributed by atoms with Crippen molar-refractivity contribution < 1.29 is 28.9 Å². The molecule has 8 heteroatoms. The van der Waals surface area contributed by atoms with Gasteiger partial charge in [-0.25, -0.2) is 9.59 Å². The average Bonchev–Trinajstić information content (AvgIpc) is 3.16. The fraction of sp³-hybridized carbons (Fsp3) is 0.429. The molecular weight excluding hydrogens is 376 g/mol. The average molecular weight is 402 g/mol. The minimum absolute atomic E-state index is 0.138. The van der Waals surface area contributed by atoms with Gasteiger partial charge in [-0.1, -0.05) is 0 Å². The second-order valence-electron chi connectivity index (χ2n) is 8.01. The van der Waals surface area contributed by atoms with Crippen LogP contribution in [0.4, 0.5) is 4.79 Å². The normalized spacial score (nSPS) is 13.8. The van der Waals surface area contributed by atoms with E-state index in [0.29, 0.717) is 11.5 Å². The molecule has 1 aliphatic rings. The van der Waals surface area contributed by atoms with Crippen molar-refractivity contribution in [1.29, 1.82) is 0 Å². The van der Waals surface area contributed by atoms with Gasteiger partial charge in [0.1, 0.15) is 11.6 Å². The smallest absolute Gasteiger partial charge is 0.408 e. The largest absolute Gasteiger partial charge is 0.480 e. The summed E-state index contributed by atoms with van der Waals surface area (Å²) in [4.78, 5) is 23.7. The zero-order valence-corrected chi connectivity index (χ0v) is 17.2. The summed E-state index contributed by atoms with van der Waals surface area (Å²) in [5.74, 6) is 0.249. The van der Waals surface area contributed by atoms with Crippen molar-refractivity contribution in [3.8, 4) is 17.2 Å². The molecule has 1 aromatic heterocycles. The van der Waals surface area contributed by atoms with Crippen LogP contribution in [0.15, 0.2) is 24.3 Å². The third-order valence-corrected chi connectivity index (χ3v) is 4.56. The molecule has 3 rings (SSSR count). The first-order valence-corrected chi connectivity index (χ1v) is 9.35. The summed E-state index contributed by atoms with van der Waals surface area (Å²) >= 11 is 0. The molecule has 0 bridgehead atoms. The van der Waals surface area contributed by atoms with E-state index in [9.17, 15) is 14.7 Å². The monoisotopic (exact) mass is 402 g/mol. The third kappa shape index (κ3) is 4.64. The predicted octanol–water partition coefficient (Wildman–Crippen LogP) is 3.34. The van der Waals surface area contributed by atoms with Gasteiger partial charge in [0.25, 0.3) is 0 Å². The van der Waals surface area contributed by atoms with Crippen LogP contribution in [0.25, 0.3) is 5.69 Å². The van der Waals surface area contributed by atoms with Crippen molar-refractivity contribution in [2.24, 2.45) is 0 Å². The molecule has 1 aliphatic heterocycles. The number of rotatable bonds is 5. The number of aryl methyl sites for hydroxylation is 1. The highest BCUT2D eigenvalue weighted by molar-refractivity contribution is 5.80. The Bertz CT molecular complexity index is 941. The lowest BCUT2D eigenvalue weighted by atomic mass is 10.1. The van der Waals surface area contributed by atoms with Crippen molar-refractivity contribution in [2.45, 2.75) is 52.7 Å². The van der Waals surface area contributed by atoms with E-state index in [2.05, 4.69) is 5.32 Å². The second-order valence-corrected chi connectivity index (χ2v) is 8.01. The standard InChI is InChI=1S/C21H26N2O6/c1-12-8-14(9-16(19(24)25)22-20(26)29-21(3,4)5)13(2)23(12)15-6-7-17-18(10-15)28-11-27-17/h6-8,10,16H,9,11H2,1-5H3,(H,22,26)(H,24,25). The Morgan fingerprint density at radius 2 is 1.90 bits per heavy atom. The number of nitrogens with zero attached hydrogens (tertiary/aromatic N) is 1. The van der Waals surface area contributed by atoms with Crippen molar-refractivity contribution in [2.75, 3.05) is 6.79 Å². The Hall–Kier alpha value is -3.16. The Morgan fingerprint density at radius 1 is 1.21 bits per heavy atom. The Labute approximate surface area is 169 Å². The number of carboxylic acid groups (broad SMARTS) is 1. The van der Waals surface area contributed by atoms with Gasteiger partial charge in [-0.2, -0.15) is 0 Å². The van der Waals surface area contributed by atoms with Gasteiger partial charge in [0, 0.05) is 29.6 Å². The Balaban J connectivity index is 1.83. The highest BCUT2D eigenvalue weighted by atomic mass is 16.7. The van der Waals surface area contributed by atoms with Crippen LogP contribution in [0, 0.1) is 13.8 Å². The molecule has 2 N–H and O–H groups in total. The predicted molar refractivity (Wildman–Crippen MR) is 106 cm³/mol. The maximum Gasteiger partial charge on any atom is 0.408 e. The van der Waals surface area contributed by atoms with Crippen LogP contribution in [0.2, 0.25) is 0 Å². The number of ether oxygens (including phenoxy) is 3. The first kappa shape index (κ1) is 20.6. The highest BCUT2D eigenvalue weighted by Crippen LogP contribution is 2.35. The number of hydrogen-bond acceptors (Lipinski definition) is 5. The lowest BCUT2D eigenvalue weighted by Gasteiger charge is -2.22. The van der Waals surface area contributed by atoms with Crippen LogP contribution in [0.1, 0.15) is 37.7 Å². The summed E-state index contributed by atoms with van der Waals surface area (Å²) in [6, 6.07) is 6.48. The van der Waals surface area contributed by atoms with Crippen LogP contribution in [0.3, 0.4) is 0 Å². The molecule has 0 radical (unpaired) electrons. The number of amides is 1. The Morgan fingerprint density at radius 3 is 2.55 bits per heavy atom. The molecule has 29 heavy (non-hydrogen) atoms. The number of fused-ring (bicyclic) bond motifs is 1. The van der Waals surface area contributed by atoms with Crippen molar-refractivity contribution in [3.05, 3.63) is 41.2 Å². The van der Waals surface area contributed by atoms with Gasteiger partial charge in [0.2, 0.25) is 6.79 Å². The minimum atomic E-state index is -1.12. The van der Waals surface area contributed by atoms with Gasteiger partial charge in [-0.15, -0.1) is 0 Å². The van der Waals surface area contributed by atoms with Gasteiger partial charge in [0.05, 0.1) is 0 Å². The molecule has 2 heterocycles. The summed E-state index contributed by atoms with van der Waals surface area (Å²) in [5.41, 5.74) is 2.84. The molecule has 1 atom stereocenters. The minimum Gasteiger partial charge on any atom is -0.480 e. The molecule has 0 fully saturated rings. The van der Waals surface area contributed by atoms with Gasteiger partial charge in [-0.3, -0.25) is 0 Å². The summed E-state index contributed by atoms with van der Waals surface area (Å²) < 4.78 is 18.0. The molecule has 0 spiro atoms. The van der Waals surface area contributed by atoms with Crippen molar-refractivity contribution in [3.63, 3.8) is 0 Å². The molecule has 1 amide bonds. The van der Waals surface area contributed by atoms with E-state index in [1.165, 1.54) is 0 Å². The lowest BCUT2D eigenvalue weighted by Crippen LogP contribution is -2.44. The molecule has 0 saturated heterocycles. The van der Waals surface area contributed by atoms with Crippen LogP contribution >= 0.6 is 0 Å². The number of carbonyl (C=O) groups is 2. The summed E-state index contributed by atoms with van der Waals surface area (Å²) in [6.07, 6.45) is -0.617. The maximum atomic E-state index is 12.0. The number of aromatic nitrogens is 1. The van der Waals surface area contributed by atoms with Gasteiger partial charge >= 0.3 is 12.1 Å². The van der Waals surface area contributed by atoms with Crippen LogP contribution in [0.5, 0.6) is 11.5 Å². The number of nitrogens with one attached hydrogen (secondary N) is 1. The number of carboxylic acids is 1. The van der Waals surface area contributed by atoms with E-state index in [1.54, 1.807) is 20.8 Å². The van der Waals surface area contributed by atoms with Crippen LogP contribution < -0.4 is 14.8 Å². The van der Waals surface area contributed by atoms with E-state index in [0.717, 1.165) is 22.6 Å². The van der Waals surface area contributed by atoms with Gasteiger partial charge in [0.15, 0.2) is 11.5 Å². The topological polar surface area (TPSA) is 99.0 Å². The van der Waals surface area contributed by atoms with E-state index in [1.807, 2.05) is 42.7 Å². The second kappa shape index (κ2) is 7.69. The zero-order valence-electron chi connectivity index (χ0n) is 17.2. The molecule has 0 saturated carbocycles. The molecule has 1 aromatic carbocycles. The zero-order chi connectivity index (χ0) is 21.3. The number of hydrogen-bond donors (Lipinski definition) is 2. The fourth-order valence-corrected chi connectivity index (χ4v) is 3.33. The third-order valence-electron chi connectivity index (χ3n) is 4.56. The maximum absolute atomic E-state index is 12.0. The number of carbonyl (C=O) groups excluding carboxylic acids is 1. The van der Waals surface area contributed by atoms with E-state index >= 15 is 0 Å². The summed E-state index contributed by atoms with van der Waals surface area (Å²) in [5, 5.41) is 12.0.